The number of nitrogens with zero attached hydrogens (tertiary/aromatic N) is 8. The van der Waals surface area contributed by atoms with E-state index in [1.807, 2.05) is 30.1 Å². The van der Waals surface area contributed by atoms with Gasteiger partial charge >= 0.3 is 6.01 Å². The minimum atomic E-state index is -1.54. The van der Waals surface area contributed by atoms with E-state index in [0.717, 1.165) is 37.2 Å². The van der Waals surface area contributed by atoms with Crippen molar-refractivity contribution in [3.05, 3.63) is 90.1 Å². The fourth-order valence-electron chi connectivity index (χ4n) is 7.39. The highest BCUT2D eigenvalue weighted by atomic mass is 32.2. The van der Waals surface area contributed by atoms with E-state index in [2.05, 4.69) is 36.2 Å². The van der Waals surface area contributed by atoms with Crippen molar-refractivity contribution in [1.82, 2.24) is 34.4 Å². The third-order valence-electron chi connectivity index (χ3n) is 10.3. The van der Waals surface area contributed by atoms with E-state index in [1.54, 1.807) is 36.5 Å². The molecular weight excluding hydrogens is 697 g/mol. The molecule has 53 heavy (non-hydrogen) atoms. The van der Waals surface area contributed by atoms with Crippen LogP contribution >= 0.6 is 0 Å². The van der Waals surface area contributed by atoms with Crippen molar-refractivity contribution < 1.29 is 17.7 Å². The van der Waals surface area contributed by atoms with Gasteiger partial charge in [-0.05, 0) is 55.3 Å². The smallest absolute Gasteiger partial charge is 0.319 e. The molecule has 11 nitrogen and oxygen atoms in total. The third-order valence-corrected chi connectivity index (χ3v) is 11.4. The number of aromatic nitrogens is 6. The van der Waals surface area contributed by atoms with Crippen LogP contribution in [-0.2, 0) is 11.0 Å². The molecule has 1 saturated carbocycles. The van der Waals surface area contributed by atoms with Crippen molar-refractivity contribution in [3.63, 3.8) is 0 Å². The second-order valence-corrected chi connectivity index (χ2v) is 15.2. The second-order valence-electron chi connectivity index (χ2n) is 13.8. The van der Waals surface area contributed by atoms with Crippen LogP contribution in [0.15, 0.2) is 72.0 Å². The van der Waals surface area contributed by atoms with E-state index < -0.39 is 22.6 Å². The van der Waals surface area contributed by atoms with Crippen LogP contribution in [0.1, 0.15) is 43.0 Å². The second kappa shape index (κ2) is 13.5. The van der Waals surface area contributed by atoms with Crippen molar-refractivity contribution >= 4 is 44.2 Å². The first-order valence-electron chi connectivity index (χ1n) is 17.7. The van der Waals surface area contributed by atoms with Gasteiger partial charge in [0.2, 0.25) is 0 Å². The summed E-state index contributed by atoms with van der Waals surface area (Å²) in [6.07, 6.45) is 13.1. The molecule has 3 aromatic carbocycles. The zero-order valence-electron chi connectivity index (χ0n) is 28.9. The van der Waals surface area contributed by atoms with Crippen LogP contribution in [0.2, 0.25) is 0 Å². The minimum absolute atomic E-state index is 0.00726. The molecule has 1 aliphatic carbocycles. The van der Waals surface area contributed by atoms with Crippen LogP contribution in [0, 0.1) is 24.0 Å². The molecular formula is C39H35F2N9O2S. The molecule has 2 aliphatic heterocycles. The van der Waals surface area contributed by atoms with Gasteiger partial charge in [-0.15, -0.1) is 11.5 Å². The average molecular weight is 732 g/mol. The summed E-state index contributed by atoms with van der Waals surface area (Å²) in [5.74, 6) is 2.86. The lowest BCUT2D eigenvalue weighted by Gasteiger charge is -2.34. The fourth-order valence-corrected chi connectivity index (χ4v) is 8.31. The number of pyridine rings is 1. The van der Waals surface area contributed by atoms with E-state index >= 15 is 4.39 Å². The molecule has 5 heterocycles. The molecule has 0 radical (unpaired) electrons. The van der Waals surface area contributed by atoms with Gasteiger partial charge in [0.1, 0.15) is 35.8 Å². The summed E-state index contributed by atoms with van der Waals surface area (Å²) in [5.41, 5.74) is 1.31. The lowest BCUT2D eigenvalue weighted by Crippen LogP contribution is -2.51. The quantitative estimate of drug-likeness (QED) is 0.179. The minimum Gasteiger partial charge on any atom is -0.462 e. The van der Waals surface area contributed by atoms with Gasteiger partial charge in [-0.25, -0.2) is 18.0 Å². The number of hydrogen-bond donors (Lipinski definition) is 1. The normalized spacial score (nSPS) is 18.7. The van der Waals surface area contributed by atoms with Crippen LogP contribution in [-0.4, -0.2) is 78.7 Å². The van der Waals surface area contributed by atoms with Gasteiger partial charge in [0.15, 0.2) is 22.6 Å². The summed E-state index contributed by atoms with van der Waals surface area (Å²) in [6, 6.07) is 16.3. The summed E-state index contributed by atoms with van der Waals surface area (Å²) in [5, 5.41) is 9.60. The largest absolute Gasteiger partial charge is 0.462 e. The maximum atomic E-state index is 16.8. The first-order valence-corrected chi connectivity index (χ1v) is 18.8. The number of hydrogen-bond acceptors (Lipinski definition) is 10. The average Bonchev–Trinajstić information content (AvgIpc) is 3.82. The molecule has 268 valence electrons. The van der Waals surface area contributed by atoms with Crippen LogP contribution in [0.4, 0.5) is 20.3 Å². The Morgan fingerprint density at radius 1 is 1.04 bits per heavy atom. The van der Waals surface area contributed by atoms with Crippen molar-refractivity contribution in [2.24, 2.45) is 0 Å². The lowest BCUT2D eigenvalue weighted by molar-refractivity contribution is 0.301. The Kier molecular flexibility index (Phi) is 8.47. The fraction of sp³-hybridized carbons (Fsp3) is 0.308. The number of likely N-dealkylation sites (N-methyl/N-ethyl adjacent to an activating group) is 1. The van der Waals surface area contributed by atoms with Gasteiger partial charge < -0.3 is 19.9 Å². The van der Waals surface area contributed by atoms with Crippen molar-refractivity contribution in [3.8, 4) is 29.6 Å². The number of terminal acetylenes is 1. The zero-order valence-corrected chi connectivity index (χ0v) is 29.7. The predicted octanol–water partition coefficient (Wildman–Crippen LogP) is 5.60. The molecule has 3 unspecified atom stereocenters. The van der Waals surface area contributed by atoms with Crippen LogP contribution in [0.3, 0.4) is 0 Å². The Morgan fingerprint density at radius 3 is 2.64 bits per heavy atom. The highest BCUT2D eigenvalue weighted by Crippen LogP contribution is 2.39. The topological polar surface area (TPSA) is 114 Å². The van der Waals surface area contributed by atoms with Gasteiger partial charge in [-0.1, -0.05) is 36.3 Å². The van der Waals surface area contributed by atoms with Gasteiger partial charge in [0.05, 0.1) is 22.4 Å². The summed E-state index contributed by atoms with van der Waals surface area (Å²) in [4.78, 5) is 23.0. The molecule has 9 rings (SSSR count). The van der Waals surface area contributed by atoms with E-state index in [9.17, 15) is 8.60 Å². The Bertz CT molecular complexity index is 2450. The first-order chi connectivity index (χ1) is 25.8. The molecule has 3 atom stereocenters. The molecule has 3 aromatic heterocycles. The Balaban J connectivity index is 1.02. The van der Waals surface area contributed by atoms with Gasteiger partial charge in [0.25, 0.3) is 0 Å². The molecule has 3 aliphatic rings. The van der Waals surface area contributed by atoms with E-state index in [1.165, 1.54) is 16.5 Å². The number of rotatable bonds is 10. The number of piperazine rings is 1. The molecule has 14 heteroatoms. The Hall–Kier alpha value is -5.52. The number of halogens is 2. The lowest BCUT2D eigenvalue weighted by atomic mass is 9.96. The van der Waals surface area contributed by atoms with Crippen molar-refractivity contribution in [2.45, 2.75) is 48.6 Å². The van der Waals surface area contributed by atoms with E-state index in [4.69, 9.17) is 16.1 Å². The molecule has 3 fully saturated rings. The van der Waals surface area contributed by atoms with E-state index in [-0.39, 0.29) is 29.4 Å². The molecule has 0 spiro atoms. The standard InChI is InChI=1S/C39H35F2N9O2S/c1-3-29-32(40)15-12-23-6-4-9-30(33(23)29)35-34(41)36-31(19-42-35)38(49-20-25-13-14-26(21-49)44-25)46-39(45-36)52-17-16-48(2)27-7-5-8-28(18-27)53(51)50-22-43-37(47-50)24-10-11-24/h1,4-9,12,15,18-19,22,24-26,44H,10-11,13-14,16-17,20-21H2,2H3. The van der Waals surface area contributed by atoms with Crippen LogP contribution in [0.5, 0.6) is 6.01 Å². The third kappa shape index (κ3) is 6.23. The summed E-state index contributed by atoms with van der Waals surface area (Å²) >= 11 is 0. The predicted molar refractivity (Wildman–Crippen MR) is 199 cm³/mol. The van der Waals surface area contributed by atoms with Gasteiger partial charge in [0, 0.05) is 61.0 Å². The maximum absolute atomic E-state index is 16.8. The first kappa shape index (κ1) is 33.3. The molecule has 1 N–H and O–H groups in total. The van der Waals surface area contributed by atoms with Crippen LogP contribution < -0.4 is 19.9 Å². The monoisotopic (exact) mass is 731 g/mol. The number of benzene rings is 3. The summed E-state index contributed by atoms with van der Waals surface area (Å²) < 4.78 is 52.5. The Labute approximate surface area is 307 Å². The number of nitrogens with one attached hydrogen (secondary N) is 1. The molecule has 0 amide bonds. The molecule has 6 aromatic rings. The summed E-state index contributed by atoms with van der Waals surface area (Å²) in [6.45, 7) is 2.02. The van der Waals surface area contributed by atoms with Crippen LogP contribution in [0.25, 0.3) is 32.9 Å². The zero-order chi connectivity index (χ0) is 36.2. The van der Waals surface area contributed by atoms with Gasteiger partial charge in [-0.2, -0.15) is 14.1 Å². The highest BCUT2D eigenvalue weighted by Gasteiger charge is 2.34. The van der Waals surface area contributed by atoms with Gasteiger partial charge in [-0.3, -0.25) is 4.98 Å². The van der Waals surface area contributed by atoms with Crippen molar-refractivity contribution in [1.29, 1.82) is 0 Å². The number of anilines is 2. The highest BCUT2D eigenvalue weighted by molar-refractivity contribution is 7.83. The maximum Gasteiger partial charge on any atom is 0.319 e. The molecule has 2 bridgehead atoms. The SMILES string of the molecule is C#Cc1c(F)ccc2cccc(-c3ncc4c(N5CC6CCC(C5)N6)nc(OCCN(C)c5cccc(S(=O)n6cnc(C7CC7)n6)c5)nc4c3F)c12. The molecule has 2 saturated heterocycles. The van der Waals surface area contributed by atoms with E-state index in [0.29, 0.717) is 70.1 Å². The number of fused-ring (bicyclic) bond motifs is 4. The Morgan fingerprint density at radius 2 is 1.85 bits per heavy atom. The summed E-state index contributed by atoms with van der Waals surface area (Å²) in [7, 11) is 0.368. The number of ether oxygens (including phenoxy) is 1. The van der Waals surface area contributed by atoms with Crippen molar-refractivity contribution in [2.75, 3.05) is 43.1 Å².